The van der Waals surface area contributed by atoms with E-state index in [1.807, 2.05) is 31.2 Å². The smallest absolute Gasteiger partial charge is 0.237 e. The van der Waals surface area contributed by atoms with Crippen molar-refractivity contribution in [3.8, 4) is 11.3 Å². The minimum atomic E-state index is -0.167. The average Bonchev–Trinajstić information content (AvgIpc) is 3.28. The summed E-state index contributed by atoms with van der Waals surface area (Å²) < 4.78 is 6.93. The van der Waals surface area contributed by atoms with Crippen molar-refractivity contribution in [1.29, 1.82) is 0 Å². The molecule has 6 nitrogen and oxygen atoms in total. The highest BCUT2D eigenvalue weighted by Gasteiger charge is 2.12. The maximum absolute atomic E-state index is 12.1. The fraction of sp³-hybridized carbons (Fsp3) is 0.294. The van der Waals surface area contributed by atoms with Gasteiger partial charge in [-0.1, -0.05) is 76.8 Å². The highest BCUT2D eigenvalue weighted by Crippen LogP contribution is 2.29. The molecular formula is C17H18N4O2S3. The summed E-state index contributed by atoms with van der Waals surface area (Å²) in [5.74, 6) is 1.43. The van der Waals surface area contributed by atoms with Crippen LogP contribution in [0, 0.1) is 6.92 Å². The summed E-state index contributed by atoms with van der Waals surface area (Å²) in [6.45, 7) is 4.15. The van der Waals surface area contributed by atoms with Crippen molar-refractivity contribution in [2.75, 3.05) is 16.8 Å². The molecule has 1 N–H and O–H groups in total. The lowest BCUT2D eigenvalue weighted by Gasteiger charge is -1.98. The van der Waals surface area contributed by atoms with E-state index in [2.05, 4.69) is 27.6 Å². The molecule has 0 atom stereocenters. The van der Waals surface area contributed by atoms with Gasteiger partial charge in [0.15, 0.2) is 8.68 Å². The molecule has 0 aliphatic rings. The summed E-state index contributed by atoms with van der Waals surface area (Å²) in [6.07, 6.45) is 1.09. The molecule has 26 heavy (non-hydrogen) atoms. The highest BCUT2D eigenvalue weighted by atomic mass is 32.2. The van der Waals surface area contributed by atoms with Crippen LogP contribution < -0.4 is 5.32 Å². The number of aromatic nitrogens is 3. The molecule has 0 radical (unpaired) electrons. The first-order valence-electron chi connectivity index (χ1n) is 8.06. The SMILES string of the molecule is CCCSc1nnc(SCC(=O)Nc2cc(-c3ccc(C)cc3)no2)s1. The van der Waals surface area contributed by atoms with Crippen molar-refractivity contribution >= 4 is 46.7 Å². The van der Waals surface area contributed by atoms with Crippen molar-refractivity contribution in [3.05, 3.63) is 35.9 Å². The molecule has 3 rings (SSSR count). The molecular weight excluding hydrogens is 388 g/mol. The van der Waals surface area contributed by atoms with Crippen LogP contribution in [0.15, 0.2) is 43.5 Å². The maximum atomic E-state index is 12.1. The Balaban J connectivity index is 1.50. The van der Waals surface area contributed by atoms with Crippen molar-refractivity contribution in [2.45, 2.75) is 28.9 Å². The van der Waals surface area contributed by atoms with Crippen LogP contribution >= 0.6 is 34.9 Å². The van der Waals surface area contributed by atoms with Gasteiger partial charge >= 0.3 is 0 Å². The minimum Gasteiger partial charge on any atom is -0.338 e. The molecule has 0 fully saturated rings. The average molecular weight is 407 g/mol. The van der Waals surface area contributed by atoms with E-state index >= 15 is 0 Å². The Morgan fingerprint density at radius 3 is 2.65 bits per heavy atom. The van der Waals surface area contributed by atoms with Crippen molar-refractivity contribution in [2.24, 2.45) is 0 Å². The largest absolute Gasteiger partial charge is 0.338 e. The van der Waals surface area contributed by atoms with Crippen LogP contribution in [-0.2, 0) is 4.79 Å². The molecule has 0 spiro atoms. The van der Waals surface area contributed by atoms with Gasteiger partial charge in [0, 0.05) is 17.4 Å². The first kappa shape index (κ1) is 18.9. The number of amides is 1. The zero-order valence-electron chi connectivity index (χ0n) is 14.4. The molecule has 1 amide bonds. The topological polar surface area (TPSA) is 80.9 Å². The number of benzene rings is 1. The first-order chi connectivity index (χ1) is 12.6. The van der Waals surface area contributed by atoms with Gasteiger partial charge in [-0.05, 0) is 13.3 Å². The molecule has 3 aromatic rings. The highest BCUT2D eigenvalue weighted by molar-refractivity contribution is 8.03. The minimum absolute atomic E-state index is 0.167. The van der Waals surface area contributed by atoms with E-state index in [4.69, 9.17) is 4.52 Å². The zero-order chi connectivity index (χ0) is 18.4. The Kier molecular flexibility index (Phi) is 6.70. The van der Waals surface area contributed by atoms with Crippen LogP contribution in [0.2, 0.25) is 0 Å². The van der Waals surface area contributed by atoms with Gasteiger partial charge in [-0.3, -0.25) is 10.1 Å². The third kappa shape index (κ3) is 5.33. The van der Waals surface area contributed by atoms with Crippen molar-refractivity contribution in [1.82, 2.24) is 15.4 Å². The lowest BCUT2D eigenvalue weighted by molar-refractivity contribution is -0.113. The van der Waals surface area contributed by atoms with Gasteiger partial charge in [0.1, 0.15) is 5.69 Å². The summed E-state index contributed by atoms with van der Waals surface area (Å²) in [6, 6.07) is 9.68. The van der Waals surface area contributed by atoms with Crippen LogP contribution in [-0.4, -0.2) is 32.8 Å². The van der Waals surface area contributed by atoms with Crippen LogP contribution in [0.4, 0.5) is 5.88 Å². The zero-order valence-corrected chi connectivity index (χ0v) is 16.8. The summed E-state index contributed by atoms with van der Waals surface area (Å²) in [5, 5.41) is 14.9. The quantitative estimate of drug-likeness (QED) is 0.541. The molecule has 2 aromatic heterocycles. The number of nitrogens with one attached hydrogen (secondary N) is 1. The predicted octanol–water partition coefficient (Wildman–Crippen LogP) is 4.73. The third-order valence-electron chi connectivity index (χ3n) is 3.26. The fourth-order valence-electron chi connectivity index (χ4n) is 2.00. The van der Waals surface area contributed by atoms with Gasteiger partial charge in [0.05, 0.1) is 5.75 Å². The molecule has 2 heterocycles. The first-order valence-corrected chi connectivity index (χ1v) is 10.9. The molecule has 9 heteroatoms. The van der Waals surface area contributed by atoms with Gasteiger partial charge in [-0.15, -0.1) is 10.2 Å². The van der Waals surface area contributed by atoms with Crippen LogP contribution in [0.3, 0.4) is 0 Å². The number of hydrogen-bond acceptors (Lipinski definition) is 8. The van der Waals surface area contributed by atoms with Gasteiger partial charge < -0.3 is 4.52 Å². The second kappa shape index (κ2) is 9.20. The number of thioether (sulfide) groups is 2. The molecule has 1 aromatic carbocycles. The predicted molar refractivity (Wildman–Crippen MR) is 107 cm³/mol. The van der Waals surface area contributed by atoms with Crippen LogP contribution in [0.25, 0.3) is 11.3 Å². The number of hydrogen-bond donors (Lipinski definition) is 1. The van der Waals surface area contributed by atoms with Gasteiger partial charge in [-0.2, -0.15) is 0 Å². The number of anilines is 1. The van der Waals surface area contributed by atoms with Gasteiger partial charge in [0.25, 0.3) is 0 Å². The van der Waals surface area contributed by atoms with Crippen LogP contribution in [0.1, 0.15) is 18.9 Å². The molecule has 0 saturated heterocycles. The van der Waals surface area contributed by atoms with Gasteiger partial charge in [-0.25, -0.2) is 0 Å². The summed E-state index contributed by atoms with van der Waals surface area (Å²) >= 11 is 4.56. The summed E-state index contributed by atoms with van der Waals surface area (Å²) in [7, 11) is 0. The van der Waals surface area contributed by atoms with E-state index in [9.17, 15) is 4.79 Å². The van der Waals surface area contributed by atoms with E-state index < -0.39 is 0 Å². The lowest BCUT2D eigenvalue weighted by atomic mass is 10.1. The summed E-state index contributed by atoms with van der Waals surface area (Å²) in [5.41, 5.74) is 2.81. The number of rotatable bonds is 8. The maximum Gasteiger partial charge on any atom is 0.237 e. The third-order valence-corrected chi connectivity index (χ3v) is 6.66. The normalized spacial score (nSPS) is 10.8. The van der Waals surface area contributed by atoms with E-state index in [0.717, 1.165) is 26.4 Å². The van der Waals surface area contributed by atoms with E-state index in [-0.39, 0.29) is 11.7 Å². The van der Waals surface area contributed by atoms with E-state index in [1.54, 1.807) is 17.8 Å². The Morgan fingerprint density at radius 2 is 1.92 bits per heavy atom. The lowest BCUT2D eigenvalue weighted by Crippen LogP contribution is -2.13. The number of carbonyl (C=O) groups is 1. The molecule has 0 aliphatic carbocycles. The molecule has 0 unspecified atom stereocenters. The number of nitrogens with zero attached hydrogens (tertiary/aromatic N) is 3. The monoisotopic (exact) mass is 406 g/mol. The Labute approximate surface area is 164 Å². The van der Waals surface area contributed by atoms with E-state index in [1.165, 1.54) is 28.7 Å². The van der Waals surface area contributed by atoms with Crippen molar-refractivity contribution in [3.63, 3.8) is 0 Å². The Morgan fingerprint density at radius 1 is 1.19 bits per heavy atom. The number of carbonyl (C=O) groups excluding carboxylic acids is 1. The second-order valence-corrected chi connectivity index (χ2v) is 9.00. The molecule has 136 valence electrons. The fourth-order valence-corrected chi connectivity index (χ4v) is 4.74. The standard InChI is InChI=1S/C17H18N4O2S3/c1-3-8-24-16-19-20-17(26-16)25-10-14(22)18-15-9-13(21-23-15)12-6-4-11(2)5-7-12/h4-7,9H,3,8,10H2,1-2H3,(H,18,22). The Bertz CT molecular complexity index is 861. The van der Waals surface area contributed by atoms with Crippen molar-refractivity contribution < 1.29 is 9.32 Å². The van der Waals surface area contributed by atoms with Gasteiger partial charge in [0.2, 0.25) is 11.8 Å². The number of aryl methyl sites for hydroxylation is 1. The molecule has 0 saturated carbocycles. The molecule has 0 aliphatic heterocycles. The van der Waals surface area contributed by atoms with Crippen LogP contribution in [0.5, 0.6) is 0 Å². The second-order valence-electron chi connectivity index (χ2n) is 5.46. The summed E-state index contributed by atoms with van der Waals surface area (Å²) in [4.78, 5) is 12.1. The molecule has 0 bridgehead atoms. The Hall–Kier alpha value is -1.84. The van der Waals surface area contributed by atoms with E-state index in [0.29, 0.717) is 11.6 Å².